The number of alkyl halides is 1. The van der Waals surface area contributed by atoms with E-state index in [0.29, 0.717) is 18.0 Å². The van der Waals surface area contributed by atoms with Crippen molar-refractivity contribution in [3.63, 3.8) is 0 Å². The standard InChI is InChI=1S/C16H25BrO2/c1-5-18-15-10-8-13(11-16(15)19-6-2)14(17)9-7-12(3)4/h8,10-12,14H,5-7,9H2,1-4H3. The summed E-state index contributed by atoms with van der Waals surface area (Å²) in [5.41, 5.74) is 1.26. The molecule has 2 nitrogen and oxygen atoms in total. The van der Waals surface area contributed by atoms with Crippen LogP contribution >= 0.6 is 15.9 Å². The minimum atomic E-state index is 0.379. The summed E-state index contributed by atoms with van der Waals surface area (Å²) < 4.78 is 11.2. The third-order valence-corrected chi connectivity index (χ3v) is 3.91. The molecule has 1 aromatic rings. The van der Waals surface area contributed by atoms with Gasteiger partial charge in [0.15, 0.2) is 11.5 Å². The topological polar surface area (TPSA) is 18.5 Å². The van der Waals surface area contributed by atoms with Crippen molar-refractivity contribution in [1.82, 2.24) is 0 Å². The van der Waals surface area contributed by atoms with E-state index in [1.807, 2.05) is 19.9 Å². The van der Waals surface area contributed by atoms with Gasteiger partial charge in [-0.2, -0.15) is 0 Å². The quantitative estimate of drug-likeness (QED) is 0.598. The number of hydrogen-bond acceptors (Lipinski definition) is 2. The Bertz CT molecular complexity index is 377. The Morgan fingerprint density at radius 1 is 1.00 bits per heavy atom. The molecule has 0 heterocycles. The van der Waals surface area contributed by atoms with Gasteiger partial charge in [0.05, 0.1) is 13.2 Å². The largest absolute Gasteiger partial charge is 0.490 e. The minimum Gasteiger partial charge on any atom is -0.490 e. The molecule has 0 radical (unpaired) electrons. The second-order valence-corrected chi connectivity index (χ2v) is 6.12. The van der Waals surface area contributed by atoms with Gasteiger partial charge in [-0.1, -0.05) is 35.8 Å². The van der Waals surface area contributed by atoms with Crippen LogP contribution in [0, 0.1) is 5.92 Å². The number of halogens is 1. The van der Waals surface area contributed by atoms with E-state index < -0.39 is 0 Å². The molecule has 1 unspecified atom stereocenters. The van der Waals surface area contributed by atoms with E-state index >= 15 is 0 Å². The molecule has 0 saturated carbocycles. The summed E-state index contributed by atoms with van der Waals surface area (Å²) in [7, 11) is 0. The van der Waals surface area contributed by atoms with Crippen molar-refractivity contribution in [3.05, 3.63) is 23.8 Å². The van der Waals surface area contributed by atoms with Crippen LogP contribution in [0.15, 0.2) is 18.2 Å². The smallest absolute Gasteiger partial charge is 0.161 e. The Balaban J connectivity index is 2.81. The first-order valence-electron chi connectivity index (χ1n) is 7.12. The van der Waals surface area contributed by atoms with Crippen LogP contribution < -0.4 is 9.47 Å². The van der Waals surface area contributed by atoms with E-state index in [1.54, 1.807) is 0 Å². The van der Waals surface area contributed by atoms with E-state index in [9.17, 15) is 0 Å². The highest BCUT2D eigenvalue weighted by Gasteiger charge is 2.12. The first kappa shape index (κ1) is 16.4. The van der Waals surface area contributed by atoms with E-state index in [4.69, 9.17) is 9.47 Å². The number of ether oxygens (including phenoxy) is 2. The molecule has 0 aliphatic rings. The van der Waals surface area contributed by atoms with Gasteiger partial charge in [-0.3, -0.25) is 0 Å². The van der Waals surface area contributed by atoms with Gasteiger partial charge in [-0.15, -0.1) is 0 Å². The molecule has 1 aromatic carbocycles. The molecule has 19 heavy (non-hydrogen) atoms. The summed E-state index contributed by atoms with van der Waals surface area (Å²) >= 11 is 3.77. The Morgan fingerprint density at radius 3 is 2.21 bits per heavy atom. The number of benzene rings is 1. The Kier molecular flexibility index (Phi) is 7.29. The minimum absolute atomic E-state index is 0.379. The van der Waals surface area contributed by atoms with Gasteiger partial charge >= 0.3 is 0 Å². The normalized spacial score (nSPS) is 12.5. The van der Waals surface area contributed by atoms with Crippen LogP contribution in [0.1, 0.15) is 50.9 Å². The zero-order valence-electron chi connectivity index (χ0n) is 12.4. The molecule has 0 aliphatic heterocycles. The molecule has 108 valence electrons. The van der Waals surface area contributed by atoms with Crippen LogP contribution in [0.2, 0.25) is 0 Å². The van der Waals surface area contributed by atoms with Gasteiger partial charge in [-0.05, 0) is 50.3 Å². The molecule has 1 atom stereocenters. The van der Waals surface area contributed by atoms with Gasteiger partial charge in [0.2, 0.25) is 0 Å². The SMILES string of the molecule is CCOc1ccc(C(Br)CCC(C)C)cc1OCC. The summed E-state index contributed by atoms with van der Waals surface area (Å²) in [5.74, 6) is 2.40. The van der Waals surface area contributed by atoms with E-state index in [1.165, 1.54) is 12.0 Å². The van der Waals surface area contributed by atoms with E-state index in [0.717, 1.165) is 23.8 Å². The van der Waals surface area contributed by atoms with Gasteiger partial charge in [0, 0.05) is 4.83 Å². The Morgan fingerprint density at radius 2 is 1.63 bits per heavy atom. The Labute approximate surface area is 125 Å². The average molecular weight is 329 g/mol. The van der Waals surface area contributed by atoms with Crippen LogP contribution in [0.4, 0.5) is 0 Å². The van der Waals surface area contributed by atoms with Crippen molar-refractivity contribution in [1.29, 1.82) is 0 Å². The van der Waals surface area contributed by atoms with Crippen molar-refractivity contribution >= 4 is 15.9 Å². The van der Waals surface area contributed by atoms with Crippen molar-refractivity contribution in [2.75, 3.05) is 13.2 Å². The highest BCUT2D eigenvalue weighted by molar-refractivity contribution is 9.09. The lowest BCUT2D eigenvalue weighted by Gasteiger charge is -2.16. The molecular formula is C16H25BrO2. The molecule has 0 aromatic heterocycles. The summed E-state index contributed by atoms with van der Waals surface area (Å²) in [6.45, 7) is 9.80. The van der Waals surface area contributed by atoms with Crippen molar-refractivity contribution in [2.45, 2.75) is 45.4 Å². The number of hydrogen-bond donors (Lipinski definition) is 0. The molecule has 1 rings (SSSR count). The van der Waals surface area contributed by atoms with Crippen LogP contribution in [-0.2, 0) is 0 Å². The summed E-state index contributed by atoms with van der Waals surface area (Å²) in [6.07, 6.45) is 2.35. The zero-order valence-corrected chi connectivity index (χ0v) is 14.0. The Hall–Kier alpha value is -0.700. The first-order chi connectivity index (χ1) is 9.08. The van der Waals surface area contributed by atoms with Crippen LogP contribution in [-0.4, -0.2) is 13.2 Å². The van der Waals surface area contributed by atoms with Gasteiger partial charge in [0.25, 0.3) is 0 Å². The summed E-state index contributed by atoms with van der Waals surface area (Å²) in [6, 6.07) is 6.22. The molecule has 0 fully saturated rings. The molecule has 0 amide bonds. The predicted molar refractivity (Wildman–Crippen MR) is 84.5 cm³/mol. The molecule has 0 spiro atoms. The van der Waals surface area contributed by atoms with Gasteiger partial charge < -0.3 is 9.47 Å². The first-order valence-corrected chi connectivity index (χ1v) is 8.03. The second-order valence-electron chi connectivity index (χ2n) is 5.01. The van der Waals surface area contributed by atoms with E-state index in [2.05, 4.69) is 41.9 Å². The fraction of sp³-hybridized carbons (Fsp3) is 0.625. The molecular weight excluding hydrogens is 304 g/mol. The lowest BCUT2D eigenvalue weighted by atomic mass is 10.0. The maximum Gasteiger partial charge on any atom is 0.161 e. The third-order valence-electron chi connectivity index (χ3n) is 2.93. The van der Waals surface area contributed by atoms with Crippen molar-refractivity contribution < 1.29 is 9.47 Å². The van der Waals surface area contributed by atoms with Gasteiger partial charge in [0.1, 0.15) is 0 Å². The van der Waals surface area contributed by atoms with Gasteiger partial charge in [-0.25, -0.2) is 0 Å². The molecule has 0 saturated heterocycles. The number of rotatable bonds is 8. The fourth-order valence-corrected chi connectivity index (χ4v) is 2.46. The molecule has 0 N–H and O–H groups in total. The fourth-order valence-electron chi connectivity index (χ4n) is 1.91. The second kappa shape index (κ2) is 8.47. The third kappa shape index (κ3) is 5.43. The van der Waals surface area contributed by atoms with Crippen LogP contribution in [0.3, 0.4) is 0 Å². The summed E-state index contributed by atoms with van der Waals surface area (Å²) in [4.78, 5) is 0.379. The highest BCUT2D eigenvalue weighted by atomic mass is 79.9. The van der Waals surface area contributed by atoms with E-state index in [-0.39, 0.29) is 0 Å². The lowest BCUT2D eigenvalue weighted by Crippen LogP contribution is -2.00. The molecule has 0 aliphatic carbocycles. The lowest BCUT2D eigenvalue weighted by molar-refractivity contribution is 0.287. The maximum absolute atomic E-state index is 5.66. The zero-order chi connectivity index (χ0) is 14.3. The maximum atomic E-state index is 5.66. The highest BCUT2D eigenvalue weighted by Crippen LogP contribution is 2.35. The van der Waals surface area contributed by atoms with Crippen LogP contribution in [0.25, 0.3) is 0 Å². The average Bonchev–Trinajstić information content (AvgIpc) is 2.38. The van der Waals surface area contributed by atoms with Crippen molar-refractivity contribution in [2.24, 2.45) is 5.92 Å². The van der Waals surface area contributed by atoms with Crippen LogP contribution in [0.5, 0.6) is 11.5 Å². The molecule has 0 bridgehead atoms. The summed E-state index contributed by atoms with van der Waals surface area (Å²) in [5, 5.41) is 0. The monoisotopic (exact) mass is 328 g/mol. The van der Waals surface area contributed by atoms with Crippen molar-refractivity contribution in [3.8, 4) is 11.5 Å². The predicted octanol–water partition coefficient (Wildman–Crippen LogP) is 5.36. The molecule has 3 heteroatoms.